The number of nitrogens with one attached hydrogen (secondary N) is 1. The minimum absolute atomic E-state index is 0.181. The molecule has 0 saturated carbocycles. The molecule has 172 valence electrons. The first-order valence-electron chi connectivity index (χ1n) is 8.78. The van der Waals surface area contributed by atoms with Gasteiger partial charge < -0.3 is 24.6 Å². The summed E-state index contributed by atoms with van der Waals surface area (Å²) in [5.41, 5.74) is -1.16. The number of carbonyl (C=O) groups is 4. The van der Waals surface area contributed by atoms with Crippen LogP contribution in [0.25, 0.3) is 0 Å². The highest BCUT2D eigenvalue weighted by molar-refractivity contribution is 5.96. The van der Waals surface area contributed by atoms with Crippen molar-refractivity contribution in [3.05, 3.63) is 35.4 Å². The number of alkyl halides is 3. The number of halogens is 3. The van der Waals surface area contributed by atoms with Gasteiger partial charge >= 0.3 is 24.1 Å². The number of ether oxygens (including phenoxy) is 3. The van der Waals surface area contributed by atoms with Crippen molar-refractivity contribution in [1.82, 2.24) is 5.32 Å². The van der Waals surface area contributed by atoms with Crippen LogP contribution < -0.4 is 5.32 Å². The molecule has 0 saturated heterocycles. The molecule has 9 nitrogen and oxygen atoms in total. The number of esters is 3. The van der Waals surface area contributed by atoms with Gasteiger partial charge in [0.15, 0.2) is 12.0 Å². The Kier molecular flexibility index (Phi) is 8.98. The number of carbonyl (C=O) groups excluding carboxylic acids is 4. The minimum atomic E-state index is -4.60. The molecule has 0 heterocycles. The fourth-order valence-electron chi connectivity index (χ4n) is 2.74. The molecular weight excluding hydrogens is 427 g/mol. The maximum Gasteiger partial charge on any atom is 0.416 e. The number of amides is 1. The quantitative estimate of drug-likeness (QED) is 0.342. The molecule has 12 heteroatoms. The lowest BCUT2D eigenvalue weighted by Gasteiger charge is -2.27. The van der Waals surface area contributed by atoms with E-state index in [4.69, 9.17) is 0 Å². The average Bonchev–Trinajstić information content (AvgIpc) is 2.75. The Morgan fingerprint density at radius 1 is 0.903 bits per heavy atom. The zero-order valence-electron chi connectivity index (χ0n) is 17.1. The van der Waals surface area contributed by atoms with Crippen LogP contribution in [0.5, 0.6) is 0 Å². The second-order valence-electron chi connectivity index (χ2n) is 6.41. The van der Waals surface area contributed by atoms with Crippen LogP contribution in [-0.4, -0.2) is 56.3 Å². The summed E-state index contributed by atoms with van der Waals surface area (Å²) in [5.74, 6) is -7.12. The molecule has 3 atom stereocenters. The molecule has 0 unspecified atom stereocenters. The molecule has 0 radical (unpaired) electrons. The lowest BCUT2D eigenvalue weighted by atomic mass is 9.87. The van der Waals surface area contributed by atoms with E-state index in [1.807, 2.05) is 0 Å². The first-order chi connectivity index (χ1) is 14.4. The maximum atomic E-state index is 12.7. The molecule has 0 spiro atoms. The second kappa shape index (κ2) is 10.8. The second-order valence-corrected chi connectivity index (χ2v) is 6.41. The third-order valence-electron chi connectivity index (χ3n) is 4.52. The van der Waals surface area contributed by atoms with E-state index in [2.05, 4.69) is 19.5 Å². The molecule has 1 amide bonds. The summed E-state index contributed by atoms with van der Waals surface area (Å²) in [6.07, 6.45) is -6.55. The van der Waals surface area contributed by atoms with Crippen molar-refractivity contribution in [3.63, 3.8) is 0 Å². The zero-order valence-corrected chi connectivity index (χ0v) is 17.1. The van der Waals surface area contributed by atoms with Gasteiger partial charge in [-0.05, 0) is 17.7 Å². The van der Waals surface area contributed by atoms with Crippen LogP contribution in [0.4, 0.5) is 13.2 Å². The van der Waals surface area contributed by atoms with Crippen LogP contribution in [0, 0.1) is 11.8 Å². The molecule has 0 aliphatic rings. The number of methoxy groups -OCH3 is 3. The normalized spacial score (nSPS) is 14.2. The minimum Gasteiger partial charge on any atom is -0.468 e. The highest BCUT2D eigenvalue weighted by atomic mass is 19.4. The molecule has 2 N–H and O–H groups in total. The van der Waals surface area contributed by atoms with Crippen LogP contribution in [0.15, 0.2) is 24.3 Å². The van der Waals surface area contributed by atoms with Crippen molar-refractivity contribution in [1.29, 1.82) is 0 Å². The monoisotopic (exact) mass is 449 g/mol. The lowest BCUT2D eigenvalue weighted by Crippen LogP contribution is -2.52. The van der Waals surface area contributed by atoms with Crippen LogP contribution in [0.1, 0.15) is 24.2 Å². The Balaban J connectivity index is 3.13. The smallest absolute Gasteiger partial charge is 0.416 e. The van der Waals surface area contributed by atoms with Crippen LogP contribution in [0.3, 0.4) is 0 Å². The molecule has 31 heavy (non-hydrogen) atoms. The Morgan fingerprint density at radius 3 is 1.74 bits per heavy atom. The van der Waals surface area contributed by atoms with Crippen LogP contribution in [-0.2, 0) is 39.6 Å². The third kappa shape index (κ3) is 6.41. The summed E-state index contributed by atoms with van der Waals surface area (Å²) in [7, 11) is 3.00. The molecule has 0 fully saturated rings. The van der Waals surface area contributed by atoms with Crippen molar-refractivity contribution < 1.29 is 51.7 Å². The van der Waals surface area contributed by atoms with Crippen molar-refractivity contribution in [3.8, 4) is 0 Å². The number of rotatable bonds is 8. The predicted molar refractivity (Wildman–Crippen MR) is 97.0 cm³/mol. The summed E-state index contributed by atoms with van der Waals surface area (Å²) >= 11 is 0. The number of benzene rings is 1. The number of aliphatic hydroxyl groups excluding tert-OH is 1. The Bertz CT molecular complexity index is 793. The van der Waals surface area contributed by atoms with E-state index in [0.29, 0.717) is 12.1 Å². The largest absolute Gasteiger partial charge is 0.468 e. The van der Waals surface area contributed by atoms with Gasteiger partial charge in [-0.1, -0.05) is 19.1 Å². The summed E-state index contributed by atoms with van der Waals surface area (Å²) in [6.45, 7) is 1.27. The summed E-state index contributed by atoms with van der Waals surface area (Å²) in [4.78, 5) is 48.6. The molecule has 0 aliphatic carbocycles. The number of aliphatic hydroxyl groups is 1. The summed E-state index contributed by atoms with van der Waals surface area (Å²) in [5, 5.41) is 12.3. The van der Waals surface area contributed by atoms with E-state index in [9.17, 15) is 37.5 Å². The van der Waals surface area contributed by atoms with E-state index in [0.717, 1.165) is 33.5 Å². The van der Waals surface area contributed by atoms with Crippen LogP contribution in [0.2, 0.25) is 0 Å². The molecule has 1 aromatic rings. The SMILES string of the molecule is COC(=O)C(C(=O)OC)[C@H](C)[C@@H](NC(=O)[C@@H](O)c1ccc(C(F)(F)F)cc1)C(=O)OC. The zero-order chi connectivity index (χ0) is 23.9. The van der Waals surface area contributed by atoms with E-state index in [-0.39, 0.29) is 5.56 Å². The Hall–Kier alpha value is -3.15. The molecule has 1 rings (SSSR count). The summed E-state index contributed by atoms with van der Waals surface area (Å²) in [6, 6.07) is 1.56. The Labute approximate surface area is 175 Å². The molecule has 1 aromatic carbocycles. The van der Waals surface area contributed by atoms with Gasteiger partial charge in [-0.2, -0.15) is 13.2 Å². The van der Waals surface area contributed by atoms with Crippen molar-refractivity contribution in [2.75, 3.05) is 21.3 Å². The Morgan fingerprint density at radius 2 is 1.35 bits per heavy atom. The lowest BCUT2D eigenvalue weighted by molar-refractivity contribution is -0.164. The summed E-state index contributed by atoms with van der Waals surface area (Å²) < 4.78 is 51.6. The predicted octanol–water partition coefficient (Wildman–Crippen LogP) is 0.995. The van der Waals surface area contributed by atoms with Gasteiger partial charge in [-0.25, -0.2) is 4.79 Å². The van der Waals surface area contributed by atoms with E-state index < -0.39 is 59.5 Å². The average molecular weight is 449 g/mol. The van der Waals surface area contributed by atoms with Gasteiger partial charge in [-0.3, -0.25) is 14.4 Å². The molecule has 0 aromatic heterocycles. The van der Waals surface area contributed by atoms with E-state index in [1.54, 1.807) is 0 Å². The van der Waals surface area contributed by atoms with Gasteiger partial charge in [0.1, 0.15) is 6.04 Å². The van der Waals surface area contributed by atoms with Gasteiger partial charge in [0.2, 0.25) is 0 Å². The van der Waals surface area contributed by atoms with E-state index in [1.165, 1.54) is 6.92 Å². The molecule has 0 aliphatic heterocycles. The van der Waals surface area contributed by atoms with Gasteiger partial charge in [-0.15, -0.1) is 0 Å². The van der Waals surface area contributed by atoms with Crippen molar-refractivity contribution >= 4 is 23.8 Å². The van der Waals surface area contributed by atoms with Gasteiger partial charge in [0.25, 0.3) is 5.91 Å². The number of hydrogen-bond acceptors (Lipinski definition) is 8. The molecule has 0 bridgehead atoms. The fourth-order valence-corrected chi connectivity index (χ4v) is 2.74. The van der Waals surface area contributed by atoms with E-state index >= 15 is 0 Å². The van der Waals surface area contributed by atoms with Crippen molar-refractivity contribution in [2.45, 2.75) is 25.2 Å². The topological polar surface area (TPSA) is 128 Å². The van der Waals surface area contributed by atoms with Gasteiger partial charge in [0, 0.05) is 5.92 Å². The first kappa shape index (κ1) is 25.9. The van der Waals surface area contributed by atoms with Crippen molar-refractivity contribution in [2.24, 2.45) is 11.8 Å². The molecular formula is C19H22F3NO8. The highest BCUT2D eigenvalue weighted by Gasteiger charge is 2.43. The van der Waals surface area contributed by atoms with Crippen LogP contribution >= 0.6 is 0 Å². The highest BCUT2D eigenvalue weighted by Crippen LogP contribution is 2.30. The standard InChI is InChI=1S/C19H22F3NO8/c1-9(12(16(26)29-2)17(27)30-3)13(18(28)31-4)23-15(25)14(24)10-5-7-11(8-6-10)19(20,21)22/h5-9,12-14,24H,1-4H3,(H,23,25)/t9-,13+,14-/m0/s1. The fraction of sp³-hybridized carbons (Fsp3) is 0.474. The van der Waals surface area contributed by atoms with Gasteiger partial charge in [0.05, 0.1) is 26.9 Å². The first-order valence-corrected chi connectivity index (χ1v) is 8.78. The third-order valence-corrected chi connectivity index (χ3v) is 4.52. The number of hydrogen-bond donors (Lipinski definition) is 2. The maximum absolute atomic E-state index is 12.7.